The first-order valence-electron chi connectivity index (χ1n) is 7.05. The molecule has 0 fully saturated rings. The zero-order chi connectivity index (χ0) is 16.9. The summed E-state index contributed by atoms with van der Waals surface area (Å²) in [4.78, 5) is 11.5. The van der Waals surface area contributed by atoms with Gasteiger partial charge in [0.05, 0.1) is 13.7 Å². The molecule has 23 heavy (non-hydrogen) atoms. The standard InChI is InChI=1S/C15H19N5O3/c1-15(2,3)23-14(21)16-9-12-17-19-13(20-18-12)10-5-7-11(22-4)8-6-10/h5-8H,9H2,1-4H3,(H,16,21). The Balaban J connectivity index is 1.95. The lowest BCUT2D eigenvalue weighted by molar-refractivity contribution is 0.0522. The van der Waals surface area contributed by atoms with Crippen molar-refractivity contribution in [1.29, 1.82) is 0 Å². The predicted octanol–water partition coefficient (Wildman–Crippen LogP) is 1.97. The van der Waals surface area contributed by atoms with Crippen molar-refractivity contribution in [1.82, 2.24) is 25.7 Å². The second kappa shape index (κ2) is 6.99. The molecule has 0 saturated carbocycles. The van der Waals surface area contributed by atoms with Crippen molar-refractivity contribution in [3.63, 3.8) is 0 Å². The number of methoxy groups -OCH3 is 1. The fourth-order valence-corrected chi connectivity index (χ4v) is 1.64. The molecular weight excluding hydrogens is 298 g/mol. The molecule has 1 N–H and O–H groups in total. The third kappa shape index (κ3) is 5.17. The number of carbonyl (C=O) groups is 1. The summed E-state index contributed by atoms with van der Waals surface area (Å²) >= 11 is 0. The number of benzene rings is 1. The van der Waals surface area contributed by atoms with Gasteiger partial charge in [-0.25, -0.2) is 4.79 Å². The van der Waals surface area contributed by atoms with E-state index in [0.717, 1.165) is 11.3 Å². The normalized spacial score (nSPS) is 11.0. The highest BCUT2D eigenvalue weighted by atomic mass is 16.6. The number of nitrogens with one attached hydrogen (secondary N) is 1. The van der Waals surface area contributed by atoms with E-state index in [1.165, 1.54) is 0 Å². The molecule has 1 aromatic carbocycles. The number of carbonyl (C=O) groups excluding carboxylic acids is 1. The van der Waals surface area contributed by atoms with Crippen LogP contribution in [0.25, 0.3) is 11.4 Å². The summed E-state index contributed by atoms with van der Waals surface area (Å²) in [6.45, 7) is 5.46. The lowest BCUT2D eigenvalue weighted by atomic mass is 10.2. The summed E-state index contributed by atoms with van der Waals surface area (Å²) < 4.78 is 10.2. The Kier molecular flexibility index (Phi) is 5.05. The Labute approximate surface area is 134 Å². The van der Waals surface area contributed by atoms with Gasteiger partial charge in [0.15, 0.2) is 5.82 Å². The molecule has 0 radical (unpaired) electrons. The lowest BCUT2D eigenvalue weighted by Crippen LogP contribution is -2.32. The van der Waals surface area contributed by atoms with Gasteiger partial charge in [-0.05, 0) is 45.0 Å². The van der Waals surface area contributed by atoms with Crippen LogP contribution in [0.4, 0.5) is 4.79 Å². The number of ether oxygens (including phenoxy) is 2. The average molecular weight is 317 g/mol. The highest BCUT2D eigenvalue weighted by molar-refractivity contribution is 5.67. The molecule has 1 heterocycles. The molecule has 0 aliphatic rings. The van der Waals surface area contributed by atoms with Crippen LogP contribution in [0.2, 0.25) is 0 Å². The smallest absolute Gasteiger partial charge is 0.408 e. The van der Waals surface area contributed by atoms with Gasteiger partial charge in [0.1, 0.15) is 11.4 Å². The molecule has 1 amide bonds. The van der Waals surface area contributed by atoms with E-state index >= 15 is 0 Å². The monoisotopic (exact) mass is 317 g/mol. The minimum atomic E-state index is -0.556. The van der Waals surface area contributed by atoms with Crippen molar-refractivity contribution in [2.45, 2.75) is 32.9 Å². The fraction of sp³-hybridized carbons (Fsp3) is 0.400. The molecule has 0 aliphatic carbocycles. The number of amides is 1. The maximum atomic E-state index is 11.5. The van der Waals surface area contributed by atoms with Crippen LogP contribution in [0.3, 0.4) is 0 Å². The lowest BCUT2D eigenvalue weighted by Gasteiger charge is -2.19. The van der Waals surface area contributed by atoms with Crippen molar-refractivity contribution in [2.24, 2.45) is 0 Å². The SMILES string of the molecule is COc1ccc(-c2nnc(CNC(=O)OC(C)(C)C)nn2)cc1. The quantitative estimate of drug-likeness (QED) is 0.920. The fourth-order valence-electron chi connectivity index (χ4n) is 1.64. The van der Waals surface area contributed by atoms with Crippen LogP contribution in [0.1, 0.15) is 26.6 Å². The molecular formula is C15H19N5O3. The number of aromatic nitrogens is 4. The minimum Gasteiger partial charge on any atom is -0.497 e. The first-order valence-corrected chi connectivity index (χ1v) is 7.05. The molecule has 0 aliphatic heterocycles. The Morgan fingerprint density at radius 1 is 1.09 bits per heavy atom. The minimum absolute atomic E-state index is 0.0950. The maximum Gasteiger partial charge on any atom is 0.408 e. The molecule has 0 atom stereocenters. The first-order chi connectivity index (χ1) is 10.9. The molecule has 8 heteroatoms. The highest BCUT2D eigenvalue weighted by Crippen LogP contribution is 2.17. The van der Waals surface area contributed by atoms with Crippen LogP contribution in [0.15, 0.2) is 24.3 Å². The summed E-state index contributed by atoms with van der Waals surface area (Å²) in [5.74, 6) is 1.44. The maximum absolute atomic E-state index is 11.5. The molecule has 8 nitrogen and oxygen atoms in total. The summed E-state index contributed by atoms with van der Waals surface area (Å²) in [5, 5.41) is 18.4. The van der Waals surface area contributed by atoms with E-state index in [0.29, 0.717) is 11.6 Å². The summed E-state index contributed by atoms with van der Waals surface area (Å²) in [5.41, 5.74) is 0.220. The van der Waals surface area contributed by atoms with E-state index < -0.39 is 11.7 Å². The summed E-state index contributed by atoms with van der Waals surface area (Å²) in [7, 11) is 1.60. The summed E-state index contributed by atoms with van der Waals surface area (Å²) in [6, 6.07) is 7.24. The molecule has 1 aromatic heterocycles. The zero-order valence-electron chi connectivity index (χ0n) is 13.5. The molecule has 0 saturated heterocycles. The van der Waals surface area contributed by atoms with Crippen molar-refractivity contribution >= 4 is 6.09 Å². The third-order valence-corrected chi connectivity index (χ3v) is 2.66. The number of hydrogen-bond acceptors (Lipinski definition) is 7. The largest absolute Gasteiger partial charge is 0.497 e. The van der Waals surface area contributed by atoms with Crippen LogP contribution < -0.4 is 10.1 Å². The van der Waals surface area contributed by atoms with Crippen LogP contribution in [0.5, 0.6) is 5.75 Å². The van der Waals surface area contributed by atoms with Crippen molar-refractivity contribution < 1.29 is 14.3 Å². The second-order valence-electron chi connectivity index (χ2n) is 5.72. The van der Waals surface area contributed by atoms with E-state index in [1.807, 2.05) is 12.1 Å². The van der Waals surface area contributed by atoms with Gasteiger partial charge in [-0.3, -0.25) is 0 Å². The van der Waals surface area contributed by atoms with Gasteiger partial charge in [0.25, 0.3) is 0 Å². The van der Waals surface area contributed by atoms with Crippen molar-refractivity contribution in [2.75, 3.05) is 7.11 Å². The highest BCUT2D eigenvalue weighted by Gasteiger charge is 2.16. The molecule has 122 valence electrons. The third-order valence-electron chi connectivity index (χ3n) is 2.66. The number of rotatable bonds is 4. The van der Waals surface area contributed by atoms with Gasteiger partial charge in [0.2, 0.25) is 5.82 Å². The van der Waals surface area contributed by atoms with Gasteiger partial charge in [-0.15, -0.1) is 20.4 Å². The number of hydrogen-bond donors (Lipinski definition) is 1. The zero-order valence-corrected chi connectivity index (χ0v) is 13.5. The van der Waals surface area contributed by atoms with Crippen LogP contribution in [0, 0.1) is 0 Å². The Hall–Kier alpha value is -2.77. The Morgan fingerprint density at radius 2 is 1.70 bits per heavy atom. The van der Waals surface area contributed by atoms with E-state index in [2.05, 4.69) is 25.7 Å². The van der Waals surface area contributed by atoms with Gasteiger partial charge < -0.3 is 14.8 Å². The van der Waals surface area contributed by atoms with E-state index in [4.69, 9.17) is 9.47 Å². The first kappa shape index (κ1) is 16.6. The van der Waals surface area contributed by atoms with E-state index in [-0.39, 0.29) is 6.54 Å². The van der Waals surface area contributed by atoms with Crippen molar-refractivity contribution in [3.8, 4) is 17.1 Å². The van der Waals surface area contributed by atoms with Gasteiger partial charge >= 0.3 is 6.09 Å². The second-order valence-corrected chi connectivity index (χ2v) is 5.72. The topological polar surface area (TPSA) is 99.1 Å². The van der Waals surface area contributed by atoms with Crippen LogP contribution >= 0.6 is 0 Å². The number of nitrogens with zero attached hydrogens (tertiary/aromatic N) is 4. The Bertz CT molecular complexity index is 650. The predicted molar refractivity (Wildman–Crippen MR) is 82.7 cm³/mol. The van der Waals surface area contributed by atoms with Gasteiger partial charge in [0, 0.05) is 5.56 Å². The van der Waals surface area contributed by atoms with E-state index in [9.17, 15) is 4.79 Å². The molecule has 0 bridgehead atoms. The molecule has 2 rings (SSSR count). The summed E-state index contributed by atoms with van der Waals surface area (Å²) in [6.07, 6.45) is -0.541. The molecule has 0 unspecified atom stereocenters. The van der Waals surface area contributed by atoms with Gasteiger partial charge in [-0.2, -0.15) is 0 Å². The van der Waals surface area contributed by atoms with Crippen molar-refractivity contribution in [3.05, 3.63) is 30.1 Å². The van der Waals surface area contributed by atoms with Gasteiger partial charge in [-0.1, -0.05) is 0 Å². The molecule has 0 spiro atoms. The Morgan fingerprint density at radius 3 is 2.22 bits per heavy atom. The number of alkyl carbamates (subject to hydrolysis) is 1. The van der Waals surface area contributed by atoms with Crippen LogP contribution in [-0.2, 0) is 11.3 Å². The van der Waals surface area contributed by atoms with E-state index in [1.54, 1.807) is 40.0 Å². The van der Waals surface area contributed by atoms with Crippen LogP contribution in [-0.4, -0.2) is 39.2 Å². The molecule has 2 aromatic rings. The average Bonchev–Trinajstić information content (AvgIpc) is 2.52.